The van der Waals surface area contributed by atoms with E-state index in [9.17, 15) is 4.79 Å². The molecule has 3 N–H and O–H groups in total. The summed E-state index contributed by atoms with van der Waals surface area (Å²) < 4.78 is 1.08. The predicted molar refractivity (Wildman–Crippen MR) is 72.1 cm³/mol. The van der Waals surface area contributed by atoms with E-state index >= 15 is 0 Å². The van der Waals surface area contributed by atoms with Gasteiger partial charge in [0.05, 0.1) is 0 Å². The second-order valence-corrected chi connectivity index (χ2v) is 5.02. The normalized spacial score (nSPS) is 20.3. The summed E-state index contributed by atoms with van der Waals surface area (Å²) >= 11 is 3.47. The minimum atomic E-state index is -0.260. The summed E-state index contributed by atoms with van der Waals surface area (Å²) in [6, 6.07) is 5.83. The smallest absolute Gasteiger partial charge is 0.244 e. The number of anilines is 1. The van der Waals surface area contributed by atoms with E-state index in [0.29, 0.717) is 13.1 Å². The summed E-state index contributed by atoms with van der Waals surface area (Å²) in [4.78, 5) is 13.8. The van der Waals surface area contributed by atoms with Crippen LogP contribution in [-0.2, 0) is 4.79 Å². The third-order valence-electron chi connectivity index (χ3n) is 3.03. The van der Waals surface area contributed by atoms with Crippen LogP contribution in [0.15, 0.2) is 22.7 Å². The largest absolute Gasteiger partial charge is 0.357 e. The molecule has 1 amide bonds. The van der Waals surface area contributed by atoms with Crippen molar-refractivity contribution in [2.45, 2.75) is 13.0 Å². The number of nitrogens with zero attached hydrogens (tertiary/aromatic N) is 1. The van der Waals surface area contributed by atoms with Crippen LogP contribution >= 0.6 is 15.9 Å². The fourth-order valence-corrected chi connectivity index (χ4v) is 2.31. The maximum Gasteiger partial charge on any atom is 0.244 e. The number of carbonyl (C=O) groups excluding carboxylic acids is 1. The number of rotatable bonds is 2. The van der Waals surface area contributed by atoms with Gasteiger partial charge in [-0.2, -0.15) is 0 Å². The lowest BCUT2D eigenvalue weighted by molar-refractivity contribution is -0.123. The quantitative estimate of drug-likeness (QED) is 0.857. The zero-order valence-electron chi connectivity index (χ0n) is 9.74. The van der Waals surface area contributed by atoms with Crippen LogP contribution in [0.25, 0.3) is 0 Å². The van der Waals surface area contributed by atoms with Gasteiger partial charge in [0.2, 0.25) is 5.91 Å². The molecular formula is C12H16BrN3O. The lowest BCUT2D eigenvalue weighted by atomic mass is 10.1. The van der Waals surface area contributed by atoms with Crippen molar-refractivity contribution >= 4 is 27.5 Å². The van der Waals surface area contributed by atoms with Gasteiger partial charge < -0.3 is 16.0 Å². The standard InChI is InChI=1S/C12H16BrN3O/c1-8-6-9(2-3-10(8)13)16-5-4-15-12(17)11(16)7-14/h2-3,6,11H,4-5,7,14H2,1H3,(H,15,17). The molecule has 0 spiro atoms. The van der Waals surface area contributed by atoms with Crippen molar-refractivity contribution in [1.29, 1.82) is 0 Å². The molecule has 1 fully saturated rings. The van der Waals surface area contributed by atoms with Crippen LogP contribution < -0.4 is 16.0 Å². The van der Waals surface area contributed by atoms with Crippen molar-refractivity contribution in [3.05, 3.63) is 28.2 Å². The fourth-order valence-electron chi connectivity index (χ4n) is 2.07. The highest BCUT2D eigenvalue weighted by atomic mass is 79.9. The highest BCUT2D eigenvalue weighted by Gasteiger charge is 2.28. The van der Waals surface area contributed by atoms with Gasteiger partial charge in [-0.3, -0.25) is 4.79 Å². The van der Waals surface area contributed by atoms with E-state index in [4.69, 9.17) is 5.73 Å². The Morgan fingerprint density at radius 3 is 3.00 bits per heavy atom. The third kappa shape index (κ3) is 2.45. The minimum absolute atomic E-state index is 0.0133. The van der Waals surface area contributed by atoms with E-state index in [-0.39, 0.29) is 11.9 Å². The molecule has 0 saturated carbocycles. The molecule has 0 aliphatic carbocycles. The van der Waals surface area contributed by atoms with E-state index in [2.05, 4.69) is 32.2 Å². The number of halogens is 1. The van der Waals surface area contributed by atoms with Crippen LogP contribution in [0.4, 0.5) is 5.69 Å². The van der Waals surface area contributed by atoms with Crippen molar-refractivity contribution in [2.24, 2.45) is 5.73 Å². The average molecular weight is 298 g/mol. The van der Waals surface area contributed by atoms with Crippen LogP contribution in [0.1, 0.15) is 5.56 Å². The predicted octanol–water partition coefficient (Wildman–Crippen LogP) is 1.02. The van der Waals surface area contributed by atoms with Gasteiger partial charge in [0.1, 0.15) is 6.04 Å². The monoisotopic (exact) mass is 297 g/mol. The molecule has 1 atom stereocenters. The fraction of sp³-hybridized carbons (Fsp3) is 0.417. The first-order valence-corrected chi connectivity index (χ1v) is 6.43. The van der Waals surface area contributed by atoms with E-state index < -0.39 is 0 Å². The van der Waals surface area contributed by atoms with Crippen molar-refractivity contribution in [2.75, 3.05) is 24.5 Å². The minimum Gasteiger partial charge on any atom is -0.357 e. The van der Waals surface area contributed by atoms with Crippen molar-refractivity contribution < 1.29 is 4.79 Å². The number of aryl methyl sites for hydroxylation is 1. The Morgan fingerprint density at radius 1 is 1.59 bits per heavy atom. The number of amides is 1. The first-order valence-electron chi connectivity index (χ1n) is 5.64. The highest BCUT2D eigenvalue weighted by molar-refractivity contribution is 9.10. The number of benzene rings is 1. The summed E-state index contributed by atoms with van der Waals surface area (Å²) in [5.74, 6) is 0.0133. The number of hydrogen-bond acceptors (Lipinski definition) is 3. The molecule has 0 radical (unpaired) electrons. The molecule has 0 bridgehead atoms. The van der Waals surface area contributed by atoms with Gasteiger partial charge in [-0.05, 0) is 30.7 Å². The number of hydrogen-bond donors (Lipinski definition) is 2. The SMILES string of the molecule is Cc1cc(N2CCNC(=O)C2CN)ccc1Br. The van der Waals surface area contributed by atoms with Gasteiger partial charge in [-0.1, -0.05) is 15.9 Å². The molecule has 1 saturated heterocycles. The maximum atomic E-state index is 11.7. The Kier molecular flexibility index (Phi) is 3.69. The Bertz CT molecular complexity index is 436. The molecule has 1 heterocycles. The Labute approximate surface area is 109 Å². The molecule has 1 aromatic rings. The van der Waals surface area contributed by atoms with E-state index in [1.807, 2.05) is 19.1 Å². The topological polar surface area (TPSA) is 58.4 Å². The summed E-state index contributed by atoms with van der Waals surface area (Å²) in [6.07, 6.45) is 0. The summed E-state index contributed by atoms with van der Waals surface area (Å²) in [5, 5.41) is 2.84. The molecule has 5 heteroatoms. The molecule has 17 heavy (non-hydrogen) atoms. The molecule has 2 rings (SSSR count). The molecule has 0 aromatic heterocycles. The van der Waals surface area contributed by atoms with Crippen LogP contribution in [0, 0.1) is 6.92 Å². The van der Waals surface area contributed by atoms with E-state index in [0.717, 1.165) is 22.3 Å². The third-order valence-corrected chi connectivity index (χ3v) is 3.92. The second-order valence-electron chi connectivity index (χ2n) is 4.17. The lowest BCUT2D eigenvalue weighted by Crippen LogP contribution is -2.58. The van der Waals surface area contributed by atoms with Crippen molar-refractivity contribution in [3.63, 3.8) is 0 Å². The van der Waals surface area contributed by atoms with Crippen molar-refractivity contribution in [3.8, 4) is 0 Å². The Balaban J connectivity index is 2.30. The van der Waals surface area contributed by atoms with Crippen LogP contribution in [0.2, 0.25) is 0 Å². The highest BCUT2D eigenvalue weighted by Crippen LogP contribution is 2.24. The second kappa shape index (κ2) is 5.06. The molecule has 1 unspecified atom stereocenters. The number of piperazine rings is 1. The summed E-state index contributed by atoms with van der Waals surface area (Å²) in [6.45, 7) is 3.84. The molecule has 1 aromatic carbocycles. The first kappa shape index (κ1) is 12.4. The molecule has 92 valence electrons. The first-order chi connectivity index (χ1) is 8.13. The number of nitrogens with one attached hydrogen (secondary N) is 1. The Morgan fingerprint density at radius 2 is 2.35 bits per heavy atom. The average Bonchev–Trinajstić information content (AvgIpc) is 2.32. The zero-order chi connectivity index (χ0) is 12.4. The molecule has 4 nitrogen and oxygen atoms in total. The zero-order valence-corrected chi connectivity index (χ0v) is 11.3. The van der Waals surface area contributed by atoms with Gasteiger partial charge in [-0.15, -0.1) is 0 Å². The summed E-state index contributed by atoms with van der Waals surface area (Å²) in [5.41, 5.74) is 7.89. The van der Waals surface area contributed by atoms with Gasteiger partial charge in [0, 0.05) is 29.8 Å². The van der Waals surface area contributed by atoms with Crippen molar-refractivity contribution in [1.82, 2.24) is 5.32 Å². The van der Waals surface area contributed by atoms with Crippen LogP contribution in [0.5, 0.6) is 0 Å². The van der Waals surface area contributed by atoms with Gasteiger partial charge in [0.25, 0.3) is 0 Å². The summed E-state index contributed by atoms with van der Waals surface area (Å²) in [7, 11) is 0. The van der Waals surface area contributed by atoms with Gasteiger partial charge >= 0.3 is 0 Å². The van der Waals surface area contributed by atoms with Crippen LogP contribution in [-0.4, -0.2) is 31.6 Å². The van der Waals surface area contributed by atoms with Gasteiger partial charge in [0.15, 0.2) is 0 Å². The van der Waals surface area contributed by atoms with E-state index in [1.54, 1.807) is 0 Å². The molecular weight excluding hydrogens is 282 g/mol. The molecule has 1 aliphatic rings. The lowest BCUT2D eigenvalue weighted by Gasteiger charge is -2.36. The number of carbonyl (C=O) groups is 1. The molecule has 1 aliphatic heterocycles. The number of nitrogens with two attached hydrogens (primary N) is 1. The Hall–Kier alpha value is -1.07. The maximum absolute atomic E-state index is 11.7. The van der Waals surface area contributed by atoms with E-state index in [1.165, 1.54) is 0 Å². The van der Waals surface area contributed by atoms with Crippen LogP contribution in [0.3, 0.4) is 0 Å². The van der Waals surface area contributed by atoms with Gasteiger partial charge in [-0.25, -0.2) is 0 Å².